The largest absolute Gasteiger partial charge is 0.497 e. The lowest BCUT2D eigenvalue weighted by atomic mass is 10.2. The molecule has 1 amide bonds. The van der Waals surface area contributed by atoms with Crippen LogP contribution in [0, 0.1) is 0 Å². The van der Waals surface area contributed by atoms with Gasteiger partial charge in [0.25, 0.3) is 0 Å². The van der Waals surface area contributed by atoms with Gasteiger partial charge in [-0.2, -0.15) is 5.10 Å². The van der Waals surface area contributed by atoms with Gasteiger partial charge in [-0.1, -0.05) is 12.1 Å². The zero-order valence-electron chi connectivity index (χ0n) is 14.2. The first-order valence-corrected chi connectivity index (χ1v) is 7.51. The van der Waals surface area contributed by atoms with Crippen LogP contribution in [-0.4, -0.2) is 53.2 Å². The summed E-state index contributed by atoms with van der Waals surface area (Å²) in [7, 11) is 7.28. The van der Waals surface area contributed by atoms with E-state index in [9.17, 15) is 4.79 Å². The molecule has 6 nitrogen and oxygen atoms in total. The molecule has 0 aliphatic carbocycles. The molecule has 23 heavy (non-hydrogen) atoms. The van der Waals surface area contributed by atoms with Crippen molar-refractivity contribution in [1.29, 1.82) is 0 Å². The van der Waals surface area contributed by atoms with Crippen molar-refractivity contribution in [2.45, 2.75) is 13.1 Å². The van der Waals surface area contributed by atoms with Gasteiger partial charge in [0.05, 0.1) is 19.9 Å². The van der Waals surface area contributed by atoms with E-state index in [0.29, 0.717) is 19.6 Å². The predicted octanol–water partition coefficient (Wildman–Crippen LogP) is 1.52. The third kappa shape index (κ3) is 5.10. The summed E-state index contributed by atoms with van der Waals surface area (Å²) in [6, 6.07) is 7.77. The van der Waals surface area contributed by atoms with E-state index < -0.39 is 0 Å². The molecule has 2 rings (SSSR count). The molecule has 1 heterocycles. The summed E-state index contributed by atoms with van der Waals surface area (Å²) in [6.07, 6.45) is 3.78. The Morgan fingerprint density at radius 3 is 2.70 bits per heavy atom. The van der Waals surface area contributed by atoms with E-state index in [2.05, 4.69) is 5.10 Å². The van der Waals surface area contributed by atoms with E-state index in [4.69, 9.17) is 4.74 Å². The Labute approximate surface area is 137 Å². The molecule has 1 aromatic carbocycles. The standard InChI is InChI=1S/C17H24N4O2/c1-19(10-15-9-18-21(3)12-15)13-17(22)20(2)11-14-6-5-7-16(8-14)23-4/h5-9,12H,10-11,13H2,1-4H3. The highest BCUT2D eigenvalue weighted by Crippen LogP contribution is 2.14. The minimum Gasteiger partial charge on any atom is -0.497 e. The molecule has 0 fully saturated rings. The monoisotopic (exact) mass is 316 g/mol. The fraction of sp³-hybridized carbons (Fsp3) is 0.412. The number of amides is 1. The Kier molecular flexibility index (Phi) is 5.76. The van der Waals surface area contributed by atoms with E-state index >= 15 is 0 Å². The molecule has 0 aliphatic rings. The van der Waals surface area contributed by atoms with Crippen molar-refractivity contribution in [3.05, 3.63) is 47.8 Å². The first-order valence-electron chi connectivity index (χ1n) is 7.51. The van der Waals surface area contributed by atoms with Gasteiger partial charge in [0.2, 0.25) is 5.91 Å². The maximum atomic E-state index is 12.3. The number of carbonyl (C=O) groups excluding carboxylic acids is 1. The number of ether oxygens (including phenoxy) is 1. The Morgan fingerprint density at radius 1 is 1.26 bits per heavy atom. The number of likely N-dealkylation sites (N-methyl/N-ethyl adjacent to an activating group) is 2. The summed E-state index contributed by atoms with van der Waals surface area (Å²) < 4.78 is 6.97. The second-order valence-corrected chi connectivity index (χ2v) is 5.80. The van der Waals surface area contributed by atoms with Crippen LogP contribution in [0.5, 0.6) is 5.75 Å². The second kappa shape index (κ2) is 7.78. The average Bonchev–Trinajstić information content (AvgIpc) is 2.92. The lowest BCUT2D eigenvalue weighted by Gasteiger charge is -2.21. The number of hydrogen-bond acceptors (Lipinski definition) is 4. The normalized spacial score (nSPS) is 10.8. The number of benzene rings is 1. The molecule has 0 unspecified atom stereocenters. The van der Waals surface area contributed by atoms with Gasteiger partial charge in [0.1, 0.15) is 5.75 Å². The van der Waals surface area contributed by atoms with E-state index in [1.165, 1.54) is 0 Å². The van der Waals surface area contributed by atoms with Gasteiger partial charge in [0, 0.05) is 38.9 Å². The number of nitrogens with zero attached hydrogens (tertiary/aromatic N) is 4. The molecule has 0 atom stereocenters. The Hall–Kier alpha value is -2.34. The highest BCUT2D eigenvalue weighted by Gasteiger charge is 2.13. The maximum Gasteiger partial charge on any atom is 0.236 e. The molecule has 0 radical (unpaired) electrons. The van der Waals surface area contributed by atoms with Crippen LogP contribution < -0.4 is 4.74 Å². The van der Waals surface area contributed by atoms with Crippen LogP contribution in [0.3, 0.4) is 0 Å². The molecular formula is C17H24N4O2. The van der Waals surface area contributed by atoms with Crippen LogP contribution in [0.2, 0.25) is 0 Å². The summed E-state index contributed by atoms with van der Waals surface area (Å²) >= 11 is 0. The minimum absolute atomic E-state index is 0.0826. The van der Waals surface area contributed by atoms with Gasteiger partial charge in [0.15, 0.2) is 0 Å². The summed E-state index contributed by atoms with van der Waals surface area (Å²) in [5.74, 6) is 0.885. The summed E-state index contributed by atoms with van der Waals surface area (Å²) in [5.41, 5.74) is 2.15. The first-order chi connectivity index (χ1) is 11.0. The van der Waals surface area contributed by atoms with E-state index in [0.717, 1.165) is 16.9 Å². The molecule has 2 aromatic rings. The predicted molar refractivity (Wildman–Crippen MR) is 89.0 cm³/mol. The Morgan fingerprint density at radius 2 is 2.04 bits per heavy atom. The molecular weight excluding hydrogens is 292 g/mol. The summed E-state index contributed by atoms with van der Waals surface area (Å²) in [6.45, 7) is 1.64. The summed E-state index contributed by atoms with van der Waals surface area (Å²) in [5, 5.41) is 4.14. The molecule has 0 saturated carbocycles. The van der Waals surface area contributed by atoms with Crippen LogP contribution in [0.15, 0.2) is 36.7 Å². The number of carbonyl (C=O) groups is 1. The highest BCUT2D eigenvalue weighted by atomic mass is 16.5. The van der Waals surface area contributed by atoms with Crippen LogP contribution in [0.25, 0.3) is 0 Å². The molecule has 0 saturated heterocycles. The van der Waals surface area contributed by atoms with Crippen LogP contribution >= 0.6 is 0 Å². The number of methoxy groups -OCH3 is 1. The topological polar surface area (TPSA) is 50.6 Å². The van der Waals surface area contributed by atoms with Crippen molar-refractivity contribution < 1.29 is 9.53 Å². The highest BCUT2D eigenvalue weighted by molar-refractivity contribution is 5.77. The number of hydrogen-bond donors (Lipinski definition) is 0. The molecule has 0 bridgehead atoms. The van der Waals surface area contributed by atoms with Crippen molar-refractivity contribution in [2.24, 2.45) is 7.05 Å². The smallest absolute Gasteiger partial charge is 0.236 e. The molecule has 1 aromatic heterocycles. The number of rotatable bonds is 7. The molecule has 0 spiro atoms. The lowest BCUT2D eigenvalue weighted by molar-refractivity contribution is -0.131. The SMILES string of the molecule is COc1cccc(CN(C)C(=O)CN(C)Cc2cnn(C)c2)c1. The van der Waals surface area contributed by atoms with Crippen LogP contribution in [0.4, 0.5) is 0 Å². The number of aromatic nitrogens is 2. The van der Waals surface area contributed by atoms with Gasteiger partial charge < -0.3 is 9.64 Å². The van der Waals surface area contributed by atoms with Crippen molar-refractivity contribution in [3.8, 4) is 5.75 Å². The minimum atomic E-state index is 0.0826. The van der Waals surface area contributed by atoms with Crippen molar-refractivity contribution in [1.82, 2.24) is 19.6 Å². The Bertz CT molecular complexity index is 654. The quantitative estimate of drug-likeness (QED) is 0.777. The van der Waals surface area contributed by atoms with Crippen LogP contribution in [-0.2, 0) is 24.9 Å². The second-order valence-electron chi connectivity index (χ2n) is 5.80. The van der Waals surface area contributed by atoms with Gasteiger partial charge in [-0.3, -0.25) is 14.4 Å². The van der Waals surface area contributed by atoms with Crippen LogP contribution in [0.1, 0.15) is 11.1 Å². The lowest BCUT2D eigenvalue weighted by Crippen LogP contribution is -2.36. The van der Waals surface area contributed by atoms with Crippen molar-refractivity contribution in [2.75, 3.05) is 27.7 Å². The molecule has 124 valence electrons. The Balaban J connectivity index is 1.86. The van der Waals surface area contributed by atoms with Gasteiger partial charge in [-0.15, -0.1) is 0 Å². The van der Waals surface area contributed by atoms with Gasteiger partial charge >= 0.3 is 0 Å². The molecule has 6 heteroatoms. The van der Waals surface area contributed by atoms with Crippen molar-refractivity contribution in [3.63, 3.8) is 0 Å². The fourth-order valence-corrected chi connectivity index (χ4v) is 2.41. The van der Waals surface area contributed by atoms with Gasteiger partial charge in [-0.25, -0.2) is 0 Å². The van der Waals surface area contributed by atoms with Crippen molar-refractivity contribution >= 4 is 5.91 Å². The van der Waals surface area contributed by atoms with E-state index in [-0.39, 0.29) is 5.91 Å². The zero-order valence-corrected chi connectivity index (χ0v) is 14.2. The molecule has 0 aliphatic heterocycles. The van der Waals surface area contributed by atoms with Gasteiger partial charge in [-0.05, 0) is 24.7 Å². The molecule has 0 N–H and O–H groups in total. The van der Waals surface area contributed by atoms with E-state index in [1.807, 2.05) is 62.7 Å². The summed E-state index contributed by atoms with van der Waals surface area (Å²) in [4.78, 5) is 16.1. The zero-order chi connectivity index (χ0) is 16.8. The average molecular weight is 316 g/mol. The van der Waals surface area contributed by atoms with E-state index in [1.54, 1.807) is 16.7 Å². The third-order valence-electron chi connectivity index (χ3n) is 3.60. The maximum absolute atomic E-state index is 12.3. The fourth-order valence-electron chi connectivity index (χ4n) is 2.41. The third-order valence-corrected chi connectivity index (χ3v) is 3.60. The number of aryl methyl sites for hydroxylation is 1. The first kappa shape index (κ1) is 17.0.